The van der Waals surface area contributed by atoms with Crippen LogP contribution in [0.5, 0.6) is 0 Å². The number of hydrogen-bond acceptors (Lipinski definition) is 2. The fraction of sp³-hybridized carbons (Fsp3) is 0.500. The van der Waals surface area contributed by atoms with E-state index in [1.54, 1.807) is 0 Å². The smallest absolute Gasteiger partial charge is 1.00 e. The molecule has 0 spiro atoms. The quantitative estimate of drug-likeness (QED) is 0.386. The van der Waals surface area contributed by atoms with E-state index in [0.29, 0.717) is 0 Å². The van der Waals surface area contributed by atoms with E-state index < -0.39 is 0 Å². The van der Waals surface area contributed by atoms with Crippen molar-refractivity contribution in [2.75, 3.05) is 13.2 Å². The monoisotopic (exact) mass is 130 g/mol. The summed E-state index contributed by atoms with van der Waals surface area (Å²) in [6.07, 6.45) is 2.97. The number of aliphatic hydroxyl groups excluding tert-OH is 2. The van der Waals surface area contributed by atoms with Crippen molar-refractivity contribution in [3.05, 3.63) is 12.2 Å². The largest absolute Gasteiger partial charge is 2.00 e. The first-order valence-electron chi connectivity index (χ1n) is 1.78. The van der Waals surface area contributed by atoms with Crippen LogP contribution < -0.4 is 0 Å². The van der Waals surface area contributed by atoms with Crippen LogP contribution in [0, 0.1) is 0 Å². The summed E-state index contributed by atoms with van der Waals surface area (Å²) >= 11 is 0. The minimum absolute atomic E-state index is 0. The van der Waals surface area contributed by atoms with Gasteiger partial charge < -0.3 is 13.1 Å². The molecule has 0 saturated heterocycles. The van der Waals surface area contributed by atoms with Crippen LogP contribution >= 0.6 is 0 Å². The van der Waals surface area contributed by atoms with Crippen LogP contribution in [-0.4, -0.2) is 61.2 Å². The third-order valence-corrected chi connectivity index (χ3v) is 0.377. The van der Waals surface area contributed by atoms with E-state index in [1.165, 1.54) is 12.2 Å². The van der Waals surface area contributed by atoms with Crippen molar-refractivity contribution in [2.24, 2.45) is 0 Å². The molecule has 40 valence electrons. The average molecular weight is 130 g/mol. The van der Waals surface area contributed by atoms with Gasteiger partial charge in [0.15, 0.2) is 0 Å². The second-order valence-corrected chi connectivity index (χ2v) is 0.837. The zero-order valence-corrected chi connectivity index (χ0v) is 6.38. The molecule has 0 aliphatic carbocycles. The van der Waals surface area contributed by atoms with Gasteiger partial charge in [0.1, 0.15) is 0 Å². The van der Waals surface area contributed by atoms with Gasteiger partial charge in [-0.1, -0.05) is 12.2 Å². The molecule has 0 saturated carbocycles. The Hall–Kier alpha value is 0.920. The van der Waals surface area contributed by atoms with Gasteiger partial charge in [-0.2, -0.15) is 0 Å². The van der Waals surface area contributed by atoms with Gasteiger partial charge in [-0.05, 0) is 0 Å². The molecule has 0 atom stereocenters. The molecule has 0 aliphatic rings. The first-order valence-corrected chi connectivity index (χ1v) is 1.78. The molecule has 0 bridgehead atoms. The van der Waals surface area contributed by atoms with E-state index in [2.05, 4.69) is 0 Å². The van der Waals surface area contributed by atoms with Gasteiger partial charge in [-0.25, -0.2) is 0 Å². The van der Waals surface area contributed by atoms with E-state index in [9.17, 15) is 0 Å². The van der Waals surface area contributed by atoms with Crippen LogP contribution in [-0.2, 0) is 0 Å². The Morgan fingerprint density at radius 3 is 1.57 bits per heavy atom. The van der Waals surface area contributed by atoms with Crippen molar-refractivity contribution < 1.29 is 13.1 Å². The Morgan fingerprint density at radius 1 is 1.14 bits per heavy atom. The van der Waals surface area contributed by atoms with Gasteiger partial charge in [0.05, 0.1) is 13.2 Å². The minimum atomic E-state index is 0. The third kappa shape index (κ3) is 10.9. The molecular formula is C4H10CaO2. The second kappa shape index (κ2) is 10.0. The van der Waals surface area contributed by atoms with Crippen molar-refractivity contribution in [1.29, 1.82) is 0 Å². The maximum Gasteiger partial charge on any atom is 2.00 e. The minimum Gasteiger partial charge on any atom is -1.00 e. The fourth-order valence-electron chi connectivity index (χ4n) is 0.149. The van der Waals surface area contributed by atoms with Crippen LogP contribution in [0.3, 0.4) is 0 Å². The maximum atomic E-state index is 8.00. The molecule has 0 amide bonds. The molecule has 0 aromatic rings. The van der Waals surface area contributed by atoms with Crippen molar-refractivity contribution in [3.8, 4) is 0 Å². The summed E-state index contributed by atoms with van der Waals surface area (Å²) in [4.78, 5) is 0. The normalized spacial score (nSPS) is 8.86. The van der Waals surface area contributed by atoms with Crippen LogP contribution in [0.15, 0.2) is 12.2 Å². The zero-order valence-electron chi connectivity index (χ0n) is 6.17. The molecule has 0 unspecified atom stereocenters. The summed E-state index contributed by atoms with van der Waals surface area (Å²) in [5.41, 5.74) is 0. The van der Waals surface area contributed by atoms with Crippen LogP contribution in [0.4, 0.5) is 0 Å². The SMILES string of the molecule is OCC=CCO.[Ca+2].[H-].[H-]. The van der Waals surface area contributed by atoms with E-state index in [0.717, 1.165) is 0 Å². The van der Waals surface area contributed by atoms with Crippen LogP contribution in [0.1, 0.15) is 2.85 Å². The standard InChI is InChI=1S/C4H8O2.Ca.2H/c5-3-1-2-4-6;;;/h1-2,5-6H,3-4H2;;;/q;+2;2*-1. The molecule has 2 nitrogen and oxygen atoms in total. The average Bonchev–Trinajstić information content (AvgIpc) is 1.61. The van der Waals surface area contributed by atoms with Gasteiger partial charge in [-0.15, -0.1) is 0 Å². The molecule has 0 aliphatic heterocycles. The molecule has 2 N–H and O–H groups in total. The molecule has 3 heteroatoms. The first kappa shape index (κ1) is 10.8. The van der Waals surface area contributed by atoms with Crippen molar-refractivity contribution in [3.63, 3.8) is 0 Å². The molecule has 0 radical (unpaired) electrons. The molecule has 0 heterocycles. The molecule has 0 fully saturated rings. The molecule has 0 aromatic carbocycles. The third-order valence-electron chi connectivity index (χ3n) is 0.377. The summed E-state index contributed by atoms with van der Waals surface area (Å²) in [5, 5.41) is 16.0. The summed E-state index contributed by atoms with van der Waals surface area (Å²) in [6.45, 7) is 0.0289. The molecular weight excluding hydrogens is 120 g/mol. The zero-order chi connectivity index (χ0) is 4.83. The maximum absolute atomic E-state index is 8.00. The van der Waals surface area contributed by atoms with Gasteiger partial charge in [0.25, 0.3) is 0 Å². The molecule has 0 aromatic heterocycles. The predicted molar refractivity (Wildman–Crippen MR) is 31.3 cm³/mol. The fourth-order valence-corrected chi connectivity index (χ4v) is 0.149. The topological polar surface area (TPSA) is 40.5 Å². The first-order chi connectivity index (χ1) is 2.91. The Morgan fingerprint density at radius 2 is 1.43 bits per heavy atom. The molecule has 7 heavy (non-hydrogen) atoms. The van der Waals surface area contributed by atoms with Crippen molar-refractivity contribution in [2.45, 2.75) is 0 Å². The van der Waals surface area contributed by atoms with Crippen molar-refractivity contribution in [1.82, 2.24) is 0 Å². The molecule has 0 rings (SSSR count). The number of aliphatic hydroxyl groups is 2. The van der Waals surface area contributed by atoms with Gasteiger partial charge in [-0.3, -0.25) is 0 Å². The van der Waals surface area contributed by atoms with Crippen LogP contribution in [0.2, 0.25) is 0 Å². The summed E-state index contributed by atoms with van der Waals surface area (Å²) in [5.74, 6) is 0. The Balaban J connectivity index is -0.0000000417. The Bertz CT molecular complexity index is 45.8. The second-order valence-electron chi connectivity index (χ2n) is 0.837. The summed E-state index contributed by atoms with van der Waals surface area (Å²) in [6, 6.07) is 0. The predicted octanol–water partition coefficient (Wildman–Crippen LogP) is -0.629. The van der Waals surface area contributed by atoms with Gasteiger partial charge >= 0.3 is 37.7 Å². The van der Waals surface area contributed by atoms with Gasteiger partial charge in [0, 0.05) is 0 Å². The van der Waals surface area contributed by atoms with Crippen molar-refractivity contribution >= 4 is 37.7 Å². The Labute approximate surface area is 75.8 Å². The van der Waals surface area contributed by atoms with E-state index in [1.807, 2.05) is 0 Å². The van der Waals surface area contributed by atoms with Gasteiger partial charge in [0.2, 0.25) is 0 Å². The summed E-state index contributed by atoms with van der Waals surface area (Å²) in [7, 11) is 0. The summed E-state index contributed by atoms with van der Waals surface area (Å²) < 4.78 is 0. The van der Waals surface area contributed by atoms with E-state index in [4.69, 9.17) is 10.2 Å². The van der Waals surface area contributed by atoms with E-state index >= 15 is 0 Å². The number of hydrogen-bond donors (Lipinski definition) is 2. The Kier molecular flexibility index (Phi) is 15.5. The van der Waals surface area contributed by atoms with E-state index in [-0.39, 0.29) is 53.8 Å². The number of rotatable bonds is 2. The van der Waals surface area contributed by atoms with Crippen LogP contribution in [0.25, 0.3) is 0 Å².